The molecule has 1 N–H and O–H groups in total. The number of nitrogens with zero attached hydrogens (tertiary/aromatic N) is 3. The first kappa shape index (κ1) is 20.2. The molecule has 4 rings (SSSR count). The molecule has 3 aromatic rings. The van der Waals surface area contributed by atoms with Crippen molar-refractivity contribution in [3.63, 3.8) is 0 Å². The van der Waals surface area contributed by atoms with Gasteiger partial charge in [0.15, 0.2) is 0 Å². The molecule has 5 nitrogen and oxygen atoms in total. The van der Waals surface area contributed by atoms with Gasteiger partial charge in [-0.05, 0) is 72.5 Å². The zero-order valence-electron chi connectivity index (χ0n) is 17.3. The molecular formula is C25H28N4O. The first-order valence-corrected chi connectivity index (χ1v) is 10.8. The van der Waals surface area contributed by atoms with E-state index >= 15 is 0 Å². The molecule has 0 aliphatic carbocycles. The van der Waals surface area contributed by atoms with E-state index < -0.39 is 0 Å². The smallest absolute Gasteiger partial charge is 0.258 e. The van der Waals surface area contributed by atoms with E-state index in [0.29, 0.717) is 5.56 Å². The highest BCUT2D eigenvalue weighted by Crippen LogP contribution is 2.29. The van der Waals surface area contributed by atoms with Crippen LogP contribution in [0.3, 0.4) is 0 Å². The lowest BCUT2D eigenvalue weighted by atomic mass is 10.0. The predicted molar refractivity (Wildman–Crippen MR) is 120 cm³/mol. The van der Waals surface area contributed by atoms with Crippen LogP contribution in [0.5, 0.6) is 0 Å². The van der Waals surface area contributed by atoms with E-state index in [1.54, 1.807) is 24.5 Å². The van der Waals surface area contributed by atoms with Gasteiger partial charge in [0, 0.05) is 49.1 Å². The SMILES string of the molecule is O=C(c1ccncc1)N1CCCCCCCNCc2cc(-c3ccncc3)ccc21. The standard InChI is InChI=1S/C25H28N4O/c30-25(21-10-15-27-16-11-21)29-17-5-3-1-2-4-12-28-19-23-18-22(6-7-24(23)29)20-8-13-26-14-9-20/h6-11,13-16,18,28H,1-5,12,17,19H2. The zero-order chi connectivity index (χ0) is 20.6. The van der Waals surface area contributed by atoms with Crippen molar-refractivity contribution in [1.29, 1.82) is 0 Å². The van der Waals surface area contributed by atoms with E-state index in [9.17, 15) is 4.79 Å². The fraction of sp³-hybridized carbons (Fsp3) is 0.320. The molecule has 0 bridgehead atoms. The Bertz CT molecular complexity index is 959. The van der Waals surface area contributed by atoms with Gasteiger partial charge in [0.1, 0.15) is 0 Å². The molecule has 0 radical (unpaired) electrons. The average Bonchev–Trinajstić information content (AvgIpc) is 2.80. The number of carbonyl (C=O) groups is 1. The molecule has 154 valence electrons. The second-order valence-electron chi connectivity index (χ2n) is 7.72. The van der Waals surface area contributed by atoms with Crippen LogP contribution in [0.1, 0.15) is 48.0 Å². The summed E-state index contributed by atoms with van der Waals surface area (Å²) in [5, 5.41) is 3.58. The summed E-state index contributed by atoms with van der Waals surface area (Å²) in [6, 6.07) is 14.0. The van der Waals surface area contributed by atoms with E-state index in [1.165, 1.54) is 19.3 Å². The third-order valence-corrected chi connectivity index (χ3v) is 5.61. The summed E-state index contributed by atoms with van der Waals surface area (Å²) in [5.74, 6) is 0.0346. The lowest BCUT2D eigenvalue weighted by Gasteiger charge is -2.27. The van der Waals surface area contributed by atoms with Crippen molar-refractivity contribution in [3.05, 3.63) is 78.4 Å². The van der Waals surface area contributed by atoms with Gasteiger partial charge in [-0.1, -0.05) is 25.3 Å². The fourth-order valence-electron chi connectivity index (χ4n) is 3.97. The topological polar surface area (TPSA) is 58.1 Å². The molecule has 1 aromatic carbocycles. The maximum atomic E-state index is 13.4. The molecule has 0 saturated heterocycles. The molecular weight excluding hydrogens is 372 g/mol. The number of fused-ring (bicyclic) bond motifs is 1. The molecule has 2 aromatic heterocycles. The number of hydrogen-bond acceptors (Lipinski definition) is 4. The Morgan fingerprint density at radius 3 is 2.30 bits per heavy atom. The monoisotopic (exact) mass is 400 g/mol. The van der Waals surface area contributed by atoms with Crippen LogP contribution in [0, 0.1) is 0 Å². The maximum Gasteiger partial charge on any atom is 0.258 e. The van der Waals surface area contributed by atoms with Gasteiger partial charge in [-0.2, -0.15) is 0 Å². The predicted octanol–water partition coefficient (Wildman–Crippen LogP) is 4.84. The quantitative estimate of drug-likeness (QED) is 0.668. The number of amides is 1. The van der Waals surface area contributed by atoms with Crippen molar-refractivity contribution in [1.82, 2.24) is 15.3 Å². The Labute approximate surface area is 178 Å². The van der Waals surface area contributed by atoms with Crippen LogP contribution in [0.2, 0.25) is 0 Å². The summed E-state index contributed by atoms with van der Waals surface area (Å²) in [6.45, 7) is 2.47. The minimum absolute atomic E-state index is 0.0346. The molecule has 3 heterocycles. The molecule has 30 heavy (non-hydrogen) atoms. The Morgan fingerprint density at radius 2 is 1.50 bits per heavy atom. The van der Waals surface area contributed by atoms with Crippen molar-refractivity contribution < 1.29 is 4.79 Å². The first-order chi connectivity index (χ1) is 14.8. The molecule has 0 spiro atoms. The summed E-state index contributed by atoms with van der Waals surface area (Å²) in [7, 11) is 0. The third-order valence-electron chi connectivity index (χ3n) is 5.61. The van der Waals surface area contributed by atoms with E-state index in [-0.39, 0.29) is 5.91 Å². The molecule has 0 atom stereocenters. The van der Waals surface area contributed by atoms with Gasteiger partial charge in [0.2, 0.25) is 0 Å². The van der Waals surface area contributed by atoms with Crippen molar-refractivity contribution in [2.75, 3.05) is 18.0 Å². The van der Waals surface area contributed by atoms with Crippen LogP contribution >= 0.6 is 0 Å². The maximum absolute atomic E-state index is 13.4. The van der Waals surface area contributed by atoms with Crippen LogP contribution < -0.4 is 10.2 Å². The summed E-state index contributed by atoms with van der Waals surface area (Å²) in [5.41, 5.74) is 5.08. The molecule has 0 fully saturated rings. The van der Waals surface area contributed by atoms with Crippen molar-refractivity contribution >= 4 is 11.6 Å². The van der Waals surface area contributed by atoms with Crippen LogP contribution in [0.25, 0.3) is 11.1 Å². The van der Waals surface area contributed by atoms with Gasteiger partial charge in [0.25, 0.3) is 5.91 Å². The van der Waals surface area contributed by atoms with Crippen molar-refractivity contribution in [2.45, 2.75) is 38.6 Å². The molecule has 0 unspecified atom stereocenters. The summed E-state index contributed by atoms with van der Waals surface area (Å²) < 4.78 is 0. The Hall–Kier alpha value is -3.05. The van der Waals surface area contributed by atoms with Gasteiger partial charge >= 0.3 is 0 Å². The minimum atomic E-state index is 0.0346. The van der Waals surface area contributed by atoms with Gasteiger partial charge < -0.3 is 10.2 Å². The highest BCUT2D eigenvalue weighted by molar-refractivity contribution is 6.06. The Kier molecular flexibility index (Phi) is 6.83. The number of anilines is 1. The molecule has 5 heteroatoms. The molecule has 0 saturated carbocycles. The number of hydrogen-bond donors (Lipinski definition) is 1. The average molecular weight is 401 g/mol. The summed E-state index contributed by atoms with van der Waals surface area (Å²) in [4.78, 5) is 23.5. The van der Waals surface area contributed by atoms with E-state index in [0.717, 1.165) is 54.9 Å². The zero-order valence-corrected chi connectivity index (χ0v) is 17.3. The van der Waals surface area contributed by atoms with Crippen molar-refractivity contribution in [3.8, 4) is 11.1 Å². The number of nitrogens with one attached hydrogen (secondary N) is 1. The number of carbonyl (C=O) groups excluding carboxylic acids is 1. The van der Waals surface area contributed by atoms with Crippen LogP contribution in [0.4, 0.5) is 5.69 Å². The van der Waals surface area contributed by atoms with Crippen LogP contribution in [-0.2, 0) is 6.54 Å². The molecule has 1 aliphatic rings. The summed E-state index contributed by atoms with van der Waals surface area (Å²) in [6.07, 6.45) is 12.8. The minimum Gasteiger partial charge on any atom is -0.313 e. The highest BCUT2D eigenvalue weighted by atomic mass is 16.2. The number of benzene rings is 1. The normalized spacial score (nSPS) is 15.5. The first-order valence-electron chi connectivity index (χ1n) is 10.8. The number of rotatable bonds is 2. The highest BCUT2D eigenvalue weighted by Gasteiger charge is 2.21. The number of pyridine rings is 2. The largest absolute Gasteiger partial charge is 0.313 e. The Morgan fingerprint density at radius 1 is 0.800 bits per heavy atom. The van der Waals surface area contributed by atoms with Gasteiger partial charge in [0.05, 0.1) is 0 Å². The summed E-state index contributed by atoms with van der Waals surface area (Å²) >= 11 is 0. The van der Waals surface area contributed by atoms with Crippen LogP contribution in [-0.4, -0.2) is 29.0 Å². The van der Waals surface area contributed by atoms with Gasteiger partial charge in [-0.3, -0.25) is 14.8 Å². The third kappa shape index (κ3) is 4.92. The second-order valence-corrected chi connectivity index (χ2v) is 7.72. The molecule has 1 amide bonds. The van der Waals surface area contributed by atoms with Gasteiger partial charge in [-0.25, -0.2) is 0 Å². The van der Waals surface area contributed by atoms with E-state index in [1.807, 2.05) is 29.4 Å². The van der Waals surface area contributed by atoms with Gasteiger partial charge in [-0.15, -0.1) is 0 Å². The van der Waals surface area contributed by atoms with Crippen LogP contribution in [0.15, 0.2) is 67.3 Å². The lowest BCUT2D eigenvalue weighted by molar-refractivity contribution is 0.0986. The van der Waals surface area contributed by atoms with Crippen molar-refractivity contribution in [2.24, 2.45) is 0 Å². The second kappa shape index (κ2) is 10.1. The number of aromatic nitrogens is 2. The molecule has 1 aliphatic heterocycles. The van der Waals surface area contributed by atoms with E-state index in [4.69, 9.17) is 0 Å². The Balaban J connectivity index is 1.73. The fourth-order valence-corrected chi connectivity index (χ4v) is 3.97. The lowest BCUT2D eigenvalue weighted by Crippen LogP contribution is -2.33. The van der Waals surface area contributed by atoms with E-state index in [2.05, 4.69) is 33.5 Å².